The Bertz CT molecular complexity index is 1470. The number of ether oxygens (including phenoxy) is 2. The van der Waals surface area contributed by atoms with Crippen LogP contribution in [0.25, 0.3) is 0 Å². The molecule has 0 rings (SSSR count). The first-order valence-electron chi connectivity index (χ1n) is 15.9. The number of carbonyl (C=O) groups is 6. The Kier molecular flexibility index (Phi) is 21.6. The maximum absolute atomic E-state index is 12.7. The van der Waals surface area contributed by atoms with Crippen molar-refractivity contribution in [2.75, 3.05) is 13.2 Å². The lowest BCUT2D eigenvalue weighted by Crippen LogP contribution is -2.42. The van der Waals surface area contributed by atoms with Crippen LogP contribution in [0.4, 0.5) is 0 Å². The molecule has 0 aliphatic heterocycles. The third-order valence-corrected chi connectivity index (χ3v) is 10.8. The Morgan fingerprint density at radius 3 is 1.22 bits per heavy atom. The van der Waals surface area contributed by atoms with Crippen LogP contribution in [-0.4, -0.2) is 105 Å². The third-order valence-electron chi connectivity index (χ3n) is 6.81. The lowest BCUT2D eigenvalue weighted by Gasteiger charge is -2.18. The summed E-state index contributed by atoms with van der Waals surface area (Å²) in [5.74, 6) is -11.7. The molecule has 0 aliphatic carbocycles. The normalized spacial score (nSPS) is 13.7. The molecule has 0 radical (unpaired) electrons. The summed E-state index contributed by atoms with van der Waals surface area (Å²) in [5, 5.41) is 9.60. The quantitative estimate of drug-likeness (QED) is 0.0441. The van der Waals surface area contributed by atoms with E-state index in [1.807, 2.05) is 13.8 Å². The van der Waals surface area contributed by atoms with Crippen molar-refractivity contribution in [1.29, 1.82) is 0 Å². The van der Waals surface area contributed by atoms with Crippen LogP contribution in [0.3, 0.4) is 0 Å². The first kappa shape index (κ1) is 46.6. The van der Waals surface area contributed by atoms with Gasteiger partial charge in [-0.2, -0.15) is 25.3 Å². The molecule has 0 saturated carbocycles. The highest BCUT2D eigenvalue weighted by molar-refractivity contribution is 7.89. The minimum Gasteiger partial charge on any atom is -0.481 e. The summed E-state index contributed by atoms with van der Waals surface area (Å²) in [7, 11) is -17.1. The average Bonchev–Trinajstić information content (AvgIpc) is 2.98. The molecule has 0 aliphatic rings. The van der Waals surface area contributed by atoms with Crippen LogP contribution in [0.15, 0.2) is 0 Å². The van der Waals surface area contributed by atoms with Gasteiger partial charge in [-0.05, 0) is 12.8 Å². The van der Waals surface area contributed by atoms with Crippen molar-refractivity contribution in [1.82, 2.24) is 0 Å². The Labute approximate surface area is 291 Å². The number of rotatable bonds is 28. The molecule has 0 saturated heterocycles. The van der Waals surface area contributed by atoms with Crippen molar-refractivity contribution in [3.8, 4) is 0 Å². The molecular weight excluding hydrogens is 736 g/mol. The smallest absolute Gasteiger partial charge is 0.343 e. The van der Waals surface area contributed by atoms with Crippen molar-refractivity contribution < 1.29 is 86.6 Å². The molecule has 0 aromatic rings. The van der Waals surface area contributed by atoms with E-state index in [0.717, 1.165) is 51.4 Å². The molecule has 22 heteroatoms. The molecule has 0 amide bonds. The molecule has 0 bridgehead atoms. The van der Waals surface area contributed by atoms with E-state index in [0.29, 0.717) is 19.3 Å². The number of unbranched alkanes of at least 4 members (excludes halogenated alkanes) is 10. The van der Waals surface area contributed by atoms with Gasteiger partial charge in [-0.3, -0.25) is 28.5 Å². The standard InChI is InChI=1S/C28H46O19S3/c1-3-5-7-9-11-13-15-44-26(34)21(17-23(29)30)49(40,41)46-25(33)19-20(48(37,38)39)28(36)47-50(42,43)22(18-24(31)32)27(35)45-16-14-12-10-8-6-4-2/h20-22H,3-19H2,1-2H3,(H,29,30)(H,31,32)(H,37,38,39). The topological polar surface area (TPSA) is 302 Å². The van der Waals surface area contributed by atoms with E-state index in [9.17, 15) is 58.6 Å². The Morgan fingerprint density at radius 1 is 0.500 bits per heavy atom. The van der Waals surface area contributed by atoms with E-state index in [1.165, 1.54) is 0 Å². The first-order valence-corrected chi connectivity index (χ1v) is 20.3. The average molecular weight is 783 g/mol. The highest BCUT2D eigenvalue weighted by atomic mass is 32.2. The largest absolute Gasteiger partial charge is 0.481 e. The second-order valence-corrected chi connectivity index (χ2v) is 16.1. The summed E-state index contributed by atoms with van der Waals surface area (Å²) in [5.41, 5.74) is 0. The monoisotopic (exact) mass is 782 g/mol. The van der Waals surface area contributed by atoms with Crippen molar-refractivity contribution in [2.24, 2.45) is 0 Å². The summed E-state index contributed by atoms with van der Waals surface area (Å²) in [6.45, 7) is 3.33. The van der Waals surface area contributed by atoms with Crippen LogP contribution in [0.2, 0.25) is 0 Å². The second-order valence-electron chi connectivity index (χ2n) is 11.1. The van der Waals surface area contributed by atoms with Gasteiger partial charge in [0.15, 0.2) is 5.25 Å². The first-order chi connectivity index (χ1) is 23.2. The third kappa shape index (κ3) is 19.1. The second kappa shape index (κ2) is 23.2. The van der Waals surface area contributed by atoms with Crippen LogP contribution in [0.1, 0.15) is 110 Å². The molecule has 3 atom stereocenters. The van der Waals surface area contributed by atoms with Gasteiger partial charge in [0, 0.05) is 0 Å². The minimum atomic E-state index is -5.82. The van der Waals surface area contributed by atoms with Gasteiger partial charge >= 0.3 is 56.1 Å². The van der Waals surface area contributed by atoms with Crippen LogP contribution in [0.5, 0.6) is 0 Å². The lowest BCUT2D eigenvalue weighted by molar-refractivity contribution is -0.148. The van der Waals surface area contributed by atoms with Crippen molar-refractivity contribution in [3.05, 3.63) is 0 Å². The molecule has 0 aromatic heterocycles. The zero-order valence-electron chi connectivity index (χ0n) is 27.9. The number of carboxylic acid groups (broad SMARTS) is 2. The Morgan fingerprint density at radius 2 is 0.860 bits per heavy atom. The van der Waals surface area contributed by atoms with E-state index >= 15 is 0 Å². The van der Waals surface area contributed by atoms with Crippen LogP contribution < -0.4 is 0 Å². The van der Waals surface area contributed by atoms with Crippen LogP contribution in [0, 0.1) is 0 Å². The molecule has 3 unspecified atom stereocenters. The lowest BCUT2D eigenvalue weighted by atomic mass is 10.1. The van der Waals surface area contributed by atoms with E-state index < -0.39 is 101 Å². The molecule has 0 fully saturated rings. The predicted octanol–water partition coefficient (Wildman–Crippen LogP) is 1.87. The highest BCUT2D eigenvalue weighted by Crippen LogP contribution is 2.19. The van der Waals surface area contributed by atoms with Gasteiger partial charge in [0.2, 0.25) is 10.5 Å². The number of hydrogen-bond acceptors (Lipinski definition) is 16. The summed E-state index contributed by atoms with van der Waals surface area (Å²) in [6, 6.07) is 0. The zero-order valence-corrected chi connectivity index (χ0v) is 30.3. The molecular formula is C28H46O19S3. The van der Waals surface area contributed by atoms with Gasteiger partial charge in [-0.25, -0.2) is 4.79 Å². The fraction of sp³-hybridized carbons (Fsp3) is 0.786. The van der Waals surface area contributed by atoms with Gasteiger partial charge in [0.1, 0.15) is 0 Å². The van der Waals surface area contributed by atoms with Crippen molar-refractivity contribution in [2.45, 2.75) is 126 Å². The van der Waals surface area contributed by atoms with Crippen molar-refractivity contribution in [3.63, 3.8) is 0 Å². The Balaban J connectivity index is 5.74. The predicted molar refractivity (Wildman–Crippen MR) is 171 cm³/mol. The SMILES string of the molecule is CCCCCCCCOC(=O)C(CC(=O)O)S(=O)(=O)OC(=O)CC(C(=O)OS(=O)(=O)C(CC(=O)O)C(=O)OCCCCCCCC)S(=O)(=O)O. The fourth-order valence-corrected chi connectivity index (χ4v) is 7.03. The molecule has 19 nitrogen and oxygen atoms in total. The van der Waals surface area contributed by atoms with Gasteiger partial charge < -0.3 is 28.1 Å². The minimum absolute atomic E-state index is 0.273. The Hall–Kier alpha value is -3.37. The highest BCUT2D eigenvalue weighted by Gasteiger charge is 2.45. The summed E-state index contributed by atoms with van der Waals surface area (Å²) < 4.78 is 102. The molecule has 290 valence electrons. The molecule has 0 spiro atoms. The molecule has 50 heavy (non-hydrogen) atoms. The maximum Gasteiger partial charge on any atom is 0.343 e. The number of aliphatic carboxylic acids is 2. The van der Waals surface area contributed by atoms with E-state index in [-0.39, 0.29) is 19.6 Å². The molecule has 3 N–H and O–H groups in total. The van der Waals surface area contributed by atoms with E-state index in [1.54, 1.807) is 0 Å². The molecule has 0 aromatic carbocycles. The molecule has 0 heterocycles. The van der Waals surface area contributed by atoms with E-state index in [4.69, 9.17) is 19.7 Å². The fourth-order valence-electron chi connectivity index (χ4n) is 4.13. The number of carboxylic acids is 2. The van der Waals surface area contributed by atoms with Gasteiger partial charge in [0.05, 0.1) is 32.5 Å². The van der Waals surface area contributed by atoms with Crippen LogP contribution >= 0.6 is 0 Å². The number of esters is 2. The van der Waals surface area contributed by atoms with Gasteiger partial charge in [0.25, 0.3) is 10.1 Å². The van der Waals surface area contributed by atoms with E-state index in [2.05, 4.69) is 8.37 Å². The maximum atomic E-state index is 12.7. The summed E-state index contributed by atoms with van der Waals surface area (Å²) >= 11 is 0. The van der Waals surface area contributed by atoms with Crippen molar-refractivity contribution >= 4 is 66.2 Å². The van der Waals surface area contributed by atoms with Crippen LogP contribution in [-0.2, 0) is 77.0 Å². The van der Waals surface area contributed by atoms with Gasteiger partial charge in [-0.15, -0.1) is 0 Å². The van der Waals surface area contributed by atoms with Gasteiger partial charge in [-0.1, -0.05) is 78.1 Å². The summed E-state index contributed by atoms with van der Waals surface area (Å²) in [4.78, 5) is 72.3. The number of hydrogen-bond donors (Lipinski definition) is 3. The number of carbonyl (C=O) groups excluding carboxylic acids is 4. The summed E-state index contributed by atoms with van der Waals surface area (Å²) in [6.07, 6.45) is 3.99. The zero-order chi connectivity index (χ0) is 38.5.